The Morgan fingerprint density at radius 1 is 1.29 bits per heavy atom. The Kier molecular flexibility index (Phi) is 4.50. The molecule has 1 saturated heterocycles. The van der Waals surface area contributed by atoms with Crippen LogP contribution >= 0.6 is 0 Å². The van der Waals surface area contributed by atoms with Crippen LogP contribution in [0.1, 0.15) is 18.4 Å². The molecule has 0 spiro atoms. The number of alkyl halides is 3. The van der Waals surface area contributed by atoms with Gasteiger partial charge in [-0.05, 0) is 12.0 Å². The predicted molar refractivity (Wildman–Crippen MR) is 67.4 cm³/mol. The van der Waals surface area contributed by atoms with E-state index >= 15 is 0 Å². The van der Waals surface area contributed by atoms with Crippen LogP contribution in [0.25, 0.3) is 0 Å². The molecule has 0 N–H and O–H groups in total. The van der Waals surface area contributed by atoms with E-state index in [0.717, 1.165) is 10.5 Å². The average molecular weight is 301 g/mol. The molecular formula is C14H14F3NO3. The Bertz CT molecular complexity index is 516. The number of amides is 2. The minimum atomic E-state index is -4.42. The molecule has 1 aromatic rings. The third-order valence-electron chi connectivity index (χ3n) is 3.17. The third kappa shape index (κ3) is 4.21. The highest BCUT2D eigenvalue weighted by Gasteiger charge is 2.39. The fraction of sp³-hybridized carbons (Fsp3) is 0.429. The van der Waals surface area contributed by atoms with Crippen molar-refractivity contribution in [2.75, 3.05) is 6.61 Å². The van der Waals surface area contributed by atoms with Crippen molar-refractivity contribution in [3.8, 4) is 0 Å². The van der Waals surface area contributed by atoms with Crippen LogP contribution < -0.4 is 0 Å². The summed E-state index contributed by atoms with van der Waals surface area (Å²) in [6.45, 7) is 0.00544. The number of imide groups is 1. The number of cyclic esters (lactones) is 1. The number of hydrogen-bond acceptors (Lipinski definition) is 3. The Morgan fingerprint density at radius 3 is 2.57 bits per heavy atom. The summed E-state index contributed by atoms with van der Waals surface area (Å²) in [5.74, 6) is -0.851. The summed E-state index contributed by atoms with van der Waals surface area (Å²) in [5, 5.41) is 0. The molecule has 2 amide bonds. The summed E-state index contributed by atoms with van der Waals surface area (Å²) in [7, 11) is 0. The van der Waals surface area contributed by atoms with Crippen LogP contribution in [0.15, 0.2) is 30.3 Å². The summed E-state index contributed by atoms with van der Waals surface area (Å²) in [6.07, 6.45) is -6.92. The van der Waals surface area contributed by atoms with E-state index in [9.17, 15) is 22.8 Å². The van der Waals surface area contributed by atoms with Crippen LogP contribution in [0.2, 0.25) is 0 Å². The molecule has 1 atom stereocenters. The van der Waals surface area contributed by atoms with Gasteiger partial charge in [-0.3, -0.25) is 4.79 Å². The van der Waals surface area contributed by atoms with Crippen molar-refractivity contribution in [1.29, 1.82) is 0 Å². The van der Waals surface area contributed by atoms with Gasteiger partial charge < -0.3 is 4.74 Å². The first-order chi connectivity index (χ1) is 9.87. The van der Waals surface area contributed by atoms with Gasteiger partial charge in [-0.15, -0.1) is 0 Å². The third-order valence-corrected chi connectivity index (χ3v) is 3.17. The molecule has 0 unspecified atom stereocenters. The zero-order chi connectivity index (χ0) is 15.5. The molecule has 2 rings (SSSR count). The van der Waals surface area contributed by atoms with E-state index in [1.165, 1.54) is 0 Å². The first-order valence-electron chi connectivity index (χ1n) is 6.46. The molecule has 1 heterocycles. The van der Waals surface area contributed by atoms with Crippen LogP contribution in [-0.2, 0) is 16.0 Å². The first-order valence-corrected chi connectivity index (χ1v) is 6.46. The van der Waals surface area contributed by atoms with Crippen molar-refractivity contribution in [3.63, 3.8) is 0 Å². The van der Waals surface area contributed by atoms with Gasteiger partial charge in [-0.1, -0.05) is 30.3 Å². The molecule has 21 heavy (non-hydrogen) atoms. The lowest BCUT2D eigenvalue weighted by molar-refractivity contribution is -0.148. The van der Waals surface area contributed by atoms with E-state index in [2.05, 4.69) is 0 Å². The fourth-order valence-electron chi connectivity index (χ4n) is 2.17. The van der Waals surface area contributed by atoms with E-state index < -0.39 is 37.1 Å². The lowest BCUT2D eigenvalue weighted by Gasteiger charge is -2.20. The number of halogens is 3. The van der Waals surface area contributed by atoms with Crippen molar-refractivity contribution < 1.29 is 27.5 Å². The van der Waals surface area contributed by atoms with E-state index in [0.29, 0.717) is 6.42 Å². The van der Waals surface area contributed by atoms with E-state index in [1.807, 2.05) is 30.3 Å². The lowest BCUT2D eigenvalue weighted by Crippen LogP contribution is -2.40. The molecule has 7 heteroatoms. The van der Waals surface area contributed by atoms with Gasteiger partial charge in [0.25, 0.3) is 0 Å². The van der Waals surface area contributed by atoms with Crippen molar-refractivity contribution in [1.82, 2.24) is 4.90 Å². The van der Waals surface area contributed by atoms with Gasteiger partial charge in [0, 0.05) is 6.42 Å². The summed E-state index contributed by atoms with van der Waals surface area (Å²) in [4.78, 5) is 24.2. The van der Waals surface area contributed by atoms with Crippen LogP contribution in [0.3, 0.4) is 0 Å². The van der Waals surface area contributed by atoms with Gasteiger partial charge >= 0.3 is 12.3 Å². The molecular weight excluding hydrogens is 287 g/mol. The highest BCUT2D eigenvalue weighted by atomic mass is 19.4. The molecule has 1 aliphatic rings. The first kappa shape index (κ1) is 15.3. The summed E-state index contributed by atoms with van der Waals surface area (Å²) < 4.78 is 41.3. The van der Waals surface area contributed by atoms with Gasteiger partial charge in [0.15, 0.2) is 0 Å². The number of rotatable bonds is 4. The molecule has 0 saturated carbocycles. The zero-order valence-electron chi connectivity index (χ0n) is 11.1. The van der Waals surface area contributed by atoms with Crippen molar-refractivity contribution in [3.05, 3.63) is 35.9 Å². The second-order valence-corrected chi connectivity index (χ2v) is 4.80. The highest BCUT2D eigenvalue weighted by molar-refractivity contribution is 5.93. The topological polar surface area (TPSA) is 46.6 Å². The summed E-state index contributed by atoms with van der Waals surface area (Å²) in [5.41, 5.74) is 0.884. The fourth-order valence-corrected chi connectivity index (χ4v) is 2.17. The molecule has 1 fully saturated rings. The van der Waals surface area contributed by atoms with Gasteiger partial charge in [0.05, 0.1) is 12.5 Å². The molecule has 1 aromatic carbocycles. The van der Waals surface area contributed by atoms with Crippen molar-refractivity contribution in [2.45, 2.75) is 31.5 Å². The predicted octanol–water partition coefficient (Wildman–Crippen LogP) is 2.92. The standard InChI is InChI=1S/C14H14F3NO3/c15-14(16,17)7-6-12(19)18-11(9-21-13(18)20)8-10-4-2-1-3-5-10/h1-5,11H,6-9H2/t11-/m0/s1. The Morgan fingerprint density at radius 2 is 1.95 bits per heavy atom. The molecule has 4 nitrogen and oxygen atoms in total. The average Bonchev–Trinajstić information content (AvgIpc) is 2.77. The molecule has 1 aliphatic heterocycles. The minimum Gasteiger partial charge on any atom is -0.447 e. The second-order valence-electron chi connectivity index (χ2n) is 4.80. The van der Waals surface area contributed by atoms with Gasteiger partial charge in [0.2, 0.25) is 5.91 Å². The maximum atomic E-state index is 12.2. The van der Waals surface area contributed by atoms with Crippen molar-refractivity contribution >= 4 is 12.0 Å². The van der Waals surface area contributed by atoms with Gasteiger partial charge in [0.1, 0.15) is 6.61 Å². The van der Waals surface area contributed by atoms with E-state index in [-0.39, 0.29) is 6.61 Å². The minimum absolute atomic E-state index is 0.00544. The monoisotopic (exact) mass is 301 g/mol. The van der Waals surface area contributed by atoms with Crippen LogP contribution in [-0.4, -0.2) is 35.7 Å². The highest BCUT2D eigenvalue weighted by Crippen LogP contribution is 2.24. The van der Waals surface area contributed by atoms with Gasteiger partial charge in [-0.2, -0.15) is 13.2 Å². The number of carbonyl (C=O) groups is 2. The summed E-state index contributed by atoms with van der Waals surface area (Å²) >= 11 is 0. The second kappa shape index (κ2) is 6.15. The summed E-state index contributed by atoms with van der Waals surface area (Å²) in [6, 6.07) is 8.53. The van der Waals surface area contributed by atoms with Crippen LogP contribution in [0.4, 0.5) is 18.0 Å². The van der Waals surface area contributed by atoms with E-state index in [4.69, 9.17) is 4.74 Å². The Balaban J connectivity index is 2.01. The SMILES string of the molecule is O=C(CCC(F)(F)F)N1C(=O)OC[C@@H]1Cc1ccccc1. The zero-order valence-corrected chi connectivity index (χ0v) is 11.1. The Labute approximate surface area is 119 Å². The Hall–Kier alpha value is -2.05. The maximum Gasteiger partial charge on any atom is 0.416 e. The van der Waals surface area contributed by atoms with Crippen molar-refractivity contribution in [2.24, 2.45) is 0 Å². The maximum absolute atomic E-state index is 12.2. The molecule has 114 valence electrons. The number of ether oxygens (including phenoxy) is 1. The van der Waals surface area contributed by atoms with Gasteiger partial charge in [-0.25, -0.2) is 9.69 Å². The smallest absolute Gasteiger partial charge is 0.416 e. The number of benzene rings is 1. The largest absolute Gasteiger partial charge is 0.447 e. The van der Waals surface area contributed by atoms with E-state index in [1.54, 1.807) is 0 Å². The lowest BCUT2D eigenvalue weighted by atomic mass is 10.1. The number of nitrogens with zero attached hydrogens (tertiary/aromatic N) is 1. The number of carbonyl (C=O) groups excluding carboxylic acids is 2. The quantitative estimate of drug-likeness (QED) is 0.859. The normalized spacial score (nSPS) is 18.7. The molecule has 0 aliphatic carbocycles. The molecule has 0 bridgehead atoms. The molecule has 0 radical (unpaired) electrons. The van der Waals surface area contributed by atoms with Crippen LogP contribution in [0.5, 0.6) is 0 Å². The number of hydrogen-bond donors (Lipinski definition) is 0. The van der Waals surface area contributed by atoms with Crippen LogP contribution in [0, 0.1) is 0 Å². The molecule has 0 aromatic heterocycles.